The van der Waals surface area contributed by atoms with Gasteiger partial charge in [-0.2, -0.15) is 4.31 Å². The van der Waals surface area contributed by atoms with Crippen molar-refractivity contribution < 1.29 is 13.2 Å². The van der Waals surface area contributed by atoms with E-state index in [-0.39, 0.29) is 0 Å². The molecule has 1 aliphatic rings. The van der Waals surface area contributed by atoms with Gasteiger partial charge in [-0.25, -0.2) is 8.42 Å². The van der Waals surface area contributed by atoms with Crippen LogP contribution in [0, 0.1) is 0 Å². The van der Waals surface area contributed by atoms with E-state index >= 15 is 0 Å². The zero-order valence-corrected chi connectivity index (χ0v) is 18.9. The lowest BCUT2D eigenvalue weighted by Gasteiger charge is -2.26. The maximum atomic E-state index is 12.9. The molecule has 1 aliphatic heterocycles. The van der Waals surface area contributed by atoms with Gasteiger partial charge in [0.25, 0.3) is 0 Å². The molecular weight excluding hydrogens is 412 g/mol. The van der Waals surface area contributed by atoms with Gasteiger partial charge in [0.2, 0.25) is 10.0 Å². The maximum absolute atomic E-state index is 12.9. The zero-order valence-electron chi connectivity index (χ0n) is 18.1. The summed E-state index contributed by atoms with van der Waals surface area (Å²) in [6.45, 7) is 3.04. The van der Waals surface area contributed by atoms with Crippen LogP contribution in [0.25, 0.3) is 0 Å². The highest BCUT2D eigenvalue weighted by atomic mass is 32.2. The van der Waals surface area contributed by atoms with Gasteiger partial charge < -0.3 is 15.4 Å². The molecule has 0 radical (unpaired) electrons. The summed E-state index contributed by atoms with van der Waals surface area (Å²) < 4.78 is 33.1. The summed E-state index contributed by atoms with van der Waals surface area (Å²) in [7, 11) is -1.71. The van der Waals surface area contributed by atoms with Crippen LogP contribution in [0.15, 0.2) is 64.5 Å². The van der Waals surface area contributed by atoms with Gasteiger partial charge in [-0.15, -0.1) is 0 Å². The van der Waals surface area contributed by atoms with Gasteiger partial charge in [0.05, 0.1) is 11.5 Å². The quantitative estimate of drug-likeness (QED) is 0.353. The Labute approximate surface area is 185 Å². The van der Waals surface area contributed by atoms with Gasteiger partial charge in [0.15, 0.2) is 5.96 Å². The number of aliphatic imine (C=N–C) groups is 1. The zero-order chi connectivity index (χ0) is 21.9. The highest BCUT2D eigenvalue weighted by Gasteiger charge is 2.25. The second kappa shape index (κ2) is 11.7. The monoisotopic (exact) mass is 444 g/mol. The second-order valence-electron chi connectivity index (χ2n) is 7.48. The van der Waals surface area contributed by atoms with Crippen molar-refractivity contribution in [2.75, 3.05) is 33.3 Å². The van der Waals surface area contributed by atoms with Gasteiger partial charge in [0, 0.05) is 33.2 Å². The number of guanidine groups is 1. The molecular formula is C23H32N4O3S. The van der Waals surface area contributed by atoms with Crippen LogP contribution in [0.5, 0.6) is 5.75 Å². The summed E-state index contributed by atoms with van der Waals surface area (Å²) in [5, 5.41) is 6.50. The molecule has 2 aromatic carbocycles. The van der Waals surface area contributed by atoms with E-state index in [4.69, 9.17) is 4.74 Å². The molecule has 168 valence electrons. The molecule has 0 spiro atoms. The second-order valence-corrected chi connectivity index (χ2v) is 9.42. The first kappa shape index (κ1) is 23.1. The van der Waals surface area contributed by atoms with Crippen molar-refractivity contribution in [3.63, 3.8) is 0 Å². The lowest BCUT2D eigenvalue weighted by atomic mass is 10.2. The van der Waals surface area contributed by atoms with Crippen LogP contribution in [0.1, 0.15) is 31.2 Å². The minimum absolute atomic E-state index is 0.356. The van der Waals surface area contributed by atoms with Crippen molar-refractivity contribution in [3.8, 4) is 5.75 Å². The minimum Gasteiger partial charge on any atom is -0.494 e. The fourth-order valence-electron chi connectivity index (χ4n) is 3.46. The Morgan fingerprint density at radius 2 is 1.81 bits per heavy atom. The van der Waals surface area contributed by atoms with Crippen LogP contribution in [0.3, 0.4) is 0 Å². The van der Waals surface area contributed by atoms with Gasteiger partial charge in [-0.3, -0.25) is 4.99 Å². The van der Waals surface area contributed by atoms with Crippen molar-refractivity contribution in [1.29, 1.82) is 0 Å². The van der Waals surface area contributed by atoms with Gasteiger partial charge >= 0.3 is 0 Å². The molecule has 31 heavy (non-hydrogen) atoms. The highest BCUT2D eigenvalue weighted by Crippen LogP contribution is 2.21. The number of hydrogen-bond donors (Lipinski definition) is 2. The molecule has 2 aromatic rings. The predicted molar refractivity (Wildman–Crippen MR) is 124 cm³/mol. The molecule has 8 heteroatoms. The number of nitrogens with one attached hydrogen (secondary N) is 2. The topological polar surface area (TPSA) is 83.0 Å². The van der Waals surface area contributed by atoms with Crippen LogP contribution in [-0.2, 0) is 16.6 Å². The Morgan fingerprint density at radius 1 is 1.03 bits per heavy atom. The fourth-order valence-corrected chi connectivity index (χ4v) is 5.05. The molecule has 0 aliphatic carbocycles. The van der Waals surface area contributed by atoms with Crippen LogP contribution in [0.4, 0.5) is 0 Å². The number of benzene rings is 2. The van der Waals surface area contributed by atoms with Crippen molar-refractivity contribution in [1.82, 2.24) is 14.9 Å². The van der Waals surface area contributed by atoms with E-state index in [1.54, 1.807) is 29.6 Å². The molecule has 0 unspecified atom stereocenters. The summed E-state index contributed by atoms with van der Waals surface area (Å²) in [6, 6.07) is 16.9. The van der Waals surface area contributed by atoms with Gasteiger partial charge in [-0.05, 0) is 49.1 Å². The molecule has 7 nitrogen and oxygen atoms in total. The number of para-hydroxylation sites is 1. The normalized spacial score (nSPS) is 15.5. The first-order valence-corrected chi connectivity index (χ1v) is 12.2. The Morgan fingerprint density at radius 3 is 2.55 bits per heavy atom. The van der Waals surface area contributed by atoms with E-state index in [0.717, 1.165) is 43.5 Å². The molecule has 1 heterocycles. The van der Waals surface area contributed by atoms with Gasteiger partial charge in [-0.1, -0.05) is 36.8 Å². The number of nitrogens with zero attached hydrogens (tertiary/aromatic N) is 2. The van der Waals surface area contributed by atoms with E-state index < -0.39 is 10.0 Å². The number of piperidine rings is 1. The van der Waals surface area contributed by atoms with E-state index in [1.807, 2.05) is 36.4 Å². The standard InChI is InChI=1S/C23H32N4O3S/c1-24-23(25-14-9-17-30-21-11-4-2-5-12-21)26-19-20-10-8-13-22(18-20)31(28,29)27-15-6-3-7-16-27/h2,4-5,8,10-13,18H,3,6-7,9,14-17,19H2,1H3,(H2,24,25,26). The lowest BCUT2D eigenvalue weighted by molar-refractivity contribution is 0.311. The summed E-state index contributed by atoms with van der Waals surface area (Å²) in [5.41, 5.74) is 0.897. The molecule has 1 fully saturated rings. The molecule has 0 aromatic heterocycles. The first-order chi connectivity index (χ1) is 15.1. The van der Waals surface area contributed by atoms with E-state index in [0.29, 0.717) is 37.1 Å². The smallest absolute Gasteiger partial charge is 0.243 e. The number of sulfonamides is 1. The number of hydrogen-bond acceptors (Lipinski definition) is 4. The number of rotatable bonds is 9. The Hall–Kier alpha value is -2.58. The SMILES string of the molecule is CN=C(NCCCOc1ccccc1)NCc1cccc(S(=O)(=O)N2CCCCC2)c1. The molecule has 0 bridgehead atoms. The van der Waals surface area contributed by atoms with E-state index in [9.17, 15) is 8.42 Å². The molecule has 2 N–H and O–H groups in total. The van der Waals surface area contributed by atoms with Crippen LogP contribution >= 0.6 is 0 Å². The average molecular weight is 445 g/mol. The van der Waals surface area contributed by atoms with Gasteiger partial charge in [0.1, 0.15) is 5.75 Å². The minimum atomic E-state index is -3.43. The summed E-state index contributed by atoms with van der Waals surface area (Å²) >= 11 is 0. The average Bonchev–Trinajstić information content (AvgIpc) is 2.82. The van der Waals surface area contributed by atoms with E-state index in [1.165, 1.54) is 0 Å². The molecule has 3 rings (SSSR count). The van der Waals surface area contributed by atoms with Crippen molar-refractivity contribution in [3.05, 3.63) is 60.2 Å². The summed E-state index contributed by atoms with van der Waals surface area (Å²) in [5.74, 6) is 1.54. The van der Waals surface area contributed by atoms with Crippen molar-refractivity contribution in [2.45, 2.75) is 37.1 Å². The Balaban J connectivity index is 1.45. The third-order valence-corrected chi connectivity index (χ3v) is 7.05. The third kappa shape index (κ3) is 6.97. The molecule has 0 amide bonds. The lowest BCUT2D eigenvalue weighted by Crippen LogP contribution is -2.38. The third-order valence-electron chi connectivity index (χ3n) is 5.16. The van der Waals surface area contributed by atoms with Crippen LogP contribution < -0.4 is 15.4 Å². The molecule has 1 saturated heterocycles. The summed E-state index contributed by atoms with van der Waals surface area (Å²) in [6.07, 6.45) is 3.79. The van der Waals surface area contributed by atoms with Crippen molar-refractivity contribution in [2.24, 2.45) is 4.99 Å². The molecule has 0 saturated carbocycles. The van der Waals surface area contributed by atoms with Crippen LogP contribution in [0.2, 0.25) is 0 Å². The Bertz CT molecular complexity index is 942. The fraction of sp³-hybridized carbons (Fsp3) is 0.435. The largest absolute Gasteiger partial charge is 0.494 e. The summed E-state index contributed by atoms with van der Waals surface area (Å²) in [4.78, 5) is 4.59. The Kier molecular flexibility index (Phi) is 8.73. The highest BCUT2D eigenvalue weighted by molar-refractivity contribution is 7.89. The number of ether oxygens (including phenoxy) is 1. The molecule has 0 atom stereocenters. The van der Waals surface area contributed by atoms with Crippen LogP contribution in [-0.4, -0.2) is 52.0 Å². The maximum Gasteiger partial charge on any atom is 0.243 e. The first-order valence-electron chi connectivity index (χ1n) is 10.8. The van der Waals surface area contributed by atoms with E-state index in [2.05, 4.69) is 15.6 Å². The van der Waals surface area contributed by atoms with Crippen molar-refractivity contribution >= 4 is 16.0 Å². The predicted octanol–water partition coefficient (Wildman–Crippen LogP) is 3.00.